The van der Waals surface area contributed by atoms with Crippen LogP contribution in [-0.4, -0.2) is 7.05 Å². The molecule has 0 aliphatic carbocycles. The molecule has 0 saturated heterocycles. The zero-order valence-corrected chi connectivity index (χ0v) is 12.7. The van der Waals surface area contributed by atoms with E-state index in [1.807, 2.05) is 30.1 Å². The summed E-state index contributed by atoms with van der Waals surface area (Å²) in [6, 6.07) is 10.1. The van der Waals surface area contributed by atoms with E-state index in [2.05, 4.69) is 15.9 Å². The molecule has 0 aliphatic rings. The molecule has 0 amide bonds. The van der Waals surface area contributed by atoms with Crippen molar-refractivity contribution in [3.05, 3.63) is 57.3 Å². The first kappa shape index (κ1) is 14.2. The van der Waals surface area contributed by atoms with Gasteiger partial charge < -0.3 is 10.6 Å². The number of nitrogens with two attached hydrogens (primary N) is 1. The van der Waals surface area contributed by atoms with Crippen LogP contribution >= 0.6 is 27.5 Å². The van der Waals surface area contributed by atoms with Crippen molar-refractivity contribution in [2.24, 2.45) is 0 Å². The average molecular weight is 344 g/mol. The minimum atomic E-state index is -0.271. The lowest BCUT2D eigenvalue weighted by atomic mass is 10.2. The zero-order chi connectivity index (χ0) is 14.0. The minimum Gasteiger partial charge on any atom is -0.397 e. The third-order valence-corrected chi connectivity index (χ3v) is 3.54. The Bertz CT molecular complexity index is 604. The number of rotatable bonds is 3. The second-order valence-electron chi connectivity index (χ2n) is 4.29. The first-order valence-electron chi connectivity index (χ1n) is 5.67. The van der Waals surface area contributed by atoms with Crippen LogP contribution in [0.25, 0.3) is 0 Å². The molecule has 0 bridgehead atoms. The van der Waals surface area contributed by atoms with Crippen molar-refractivity contribution in [3.63, 3.8) is 0 Å². The van der Waals surface area contributed by atoms with Gasteiger partial charge in [0.05, 0.1) is 11.4 Å². The molecule has 2 nitrogen and oxygen atoms in total. The van der Waals surface area contributed by atoms with E-state index in [-0.39, 0.29) is 5.82 Å². The predicted molar refractivity (Wildman–Crippen MR) is 82.1 cm³/mol. The van der Waals surface area contributed by atoms with Crippen molar-refractivity contribution in [1.82, 2.24) is 0 Å². The Morgan fingerprint density at radius 2 is 2.00 bits per heavy atom. The Kier molecular flexibility index (Phi) is 4.32. The summed E-state index contributed by atoms with van der Waals surface area (Å²) in [5.74, 6) is -0.271. The standard InChI is InChI=1S/C14H13BrClFN2/c1-19(14-5-2-10(15)7-13(14)18)8-9-6-11(16)3-4-12(9)17/h2-7H,8,18H2,1H3. The van der Waals surface area contributed by atoms with Crippen LogP contribution in [0.4, 0.5) is 15.8 Å². The lowest BCUT2D eigenvalue weighted by Crippen LogP contribution is -2.18. The molecule has 2 rings (SSSR count). The molecule has 2 N–H and O–H groups in total. The first-order valence-corrected chi connectivity index (χ1v) is 6.84. The predicted octanol–water partition coefficient (Wildman–Crippen LogP) is 4.46. The maximum absolute atomic E-state index is 13.7. The summed E-state index contributed by atoms with van der Waals surface area (Å²) < 4.78 is 14.6. The summed E-state index contributed by atoms with van der Waals surface area (Å²) in [4.78, 5) is 1.89. The number of hydrogen-bond acceptors (Lipinski definition) is 2. The highest BCUT2D eigenvalue weighted by Crippen LogP contribution is 2.27. The fourth-order valence-electron chi connectivity index (χ4n) is 1.88. The Balaban J connectivity index is 2.25. The lowest BCUT2D eigenvalue weighted by Gasteiger charge is -2.21. The molecule has 0 heterocycles. The highest BCUT2D eigenvalue weighted by atomic mass is 79.9. The molecule has 0 aromatic heterocycles. The van der Waals surface area contributed by atoms with Crippen LogP contribution in [0.5, 0.6) is 0 Å². The van der Waals surface area contributed by atoms with Gasteiger partial charge in [-0.05, 0) is 36.4 Å². The number of nitrogen functional groups attached to an aromatic ring is 1. The number of anilines is 2. The Labute approximate surface area is 125 Å². The van der Waals surface area contributed by atoms with Gasteiger partial charge in [-0.15, -0.1) is 0 Å². The van der Waals surface area contributed by atoms with Crippen molar-refractivity contribution >= 4 is 38.9 Å². The zero-order valence-electron chi connectivity index (χ0n) is 10.3. The van der Waals surface area contributed by atoms with Crippen molar-refractivity contribution in [2.45, 2.75) is 6.54 Å². The second kappa shape index (κ2) is 5.80. The largest absolute Gasteiger partial charge is 0.397 e. The van der Waals surface area contributed by atoms with Gasteiger partial charge in [0.1, 0.15) is 5.82 Å². The van der Waals surface area contributed by atoms with Gasteiger partial charge >= 0.3 is 0 Å². The summed E-state index contributed by atoms with van der Waals surface area (Å²) in [6.07, 6.45) is 0. The van der Waals surface area contributed by atoms with E-state index in [0.29, 0.717) is 22.8 Å². The number of nitrogens with zero attached hydrogens (tertiary/aromatic N) is 1. The molecule has 0 aliphatic heterocycles. The van der Waals surface area contributed by atoms with Gasteiger partial charge in [-0.2, -0.15) is 0 Å². The summed E-state index contributed by atoms with van der Waals surface area (Å²) in [5, 5.41) is 0.522. The monoisotopic (exact) mass is 342 g/mol. The Morgan fingerprint density at radius 3 is 2.68 bits per heavy atom. The van der Waals surface area contributed by atoms with E-state index < -0.39 is 0 Å². The number of halogens is 3. The third-order valence-electron chi connectivity index (χ3n) is 2.82. The first-order chi connectivity index (χ1) is 8.97. The van der Waals surface area contributed by atoms with E-state index >= 15 is 0 Å². The number of benzene rings is 2. The van der Waals surface area contributed by atoms with Gasteiger partial charge in [-0.25, -0.2) is 4.39 Å². The summed E-state index contributed by atoms with van der Waals surface area (Å²) in [6.45, 7) is 0.401. The van der Waals surface area contributed by atoms with Gasteiger partial charge in [0, 0.05) is 28.7 Å². The topological polar surface area (TPSA) is 29.3 Å². The van der Waals surface area contributed by atoms with E-state index in [1.165, 1.54) is 12.1 Å². The average Bonchev–Trinajstić information content (AvgIpc) is 2.33. The molecule has 5 heteroatoms. The molecule has 100 valence electrons. The summed E-state index contributed by atoms with van der Waals surface area (Å²) >= 11 is 9.24. The van der Waals surface area contributed by atoms with Crippen LogP contribution in [0.15, 0.2) is 40.9 Å². The molecule has 0 saturated carbocycles. The summed E-state index contributed by atoms with van der Waals surface area (Å²) in [7, 11) is 1.86. The Hall–Kier alpha value is -1.26. The van der Waals surface area contributed by atoms with E-state index in [9.17, 15) is 4.39 Å². The highest BCUT2D eigenvalue weighted by molar-refractivity contribution is 9.10. The van der Waals surface area contributed by atoms with Crippen molar-refractivity contribution in [1.29, 1.82) is 0 Å². The molecular formula is C14H13BrClFN2. The highest BCUT2D eigenvalue weighted by Gasteiger charge is 2.10. The molecule has 0 atom stereocenters. The van der Waals surface area contributed by atoms with Gasteiger partial charge in [-0.1, -0.05) is 27.5 Å². The molecule has 0 fully saturated rings. The number of hydrogen-bond donors (Lipinski definition) is 1. The molecular weight excluding hydrogens is 331 g/mol. The van der Waals surface area contributed by atoms with E-state index in [0.717, 1.165) is 10.2 Å². The smallest absolute Gasteiger partial charge is 0.128 e. The SMILES string of the molecule is CN(Cc1cc(Cl)ccc1F)c1ccc(Br)cc1N. The second-order valence-corrected chi connectivity index (χ2v) is 5.65. The molecule has 0 unspecified atom stereocenters. The van der Waals surface area contributed by atoms with Crippen LogP contribution < -0.4 is 10.6 Å². The molecule has 2 aromatic rings. The van der Waals surface area contributed by atoms with Gasteiger partial charge in [0.2, 0.25) is 0 Å². The van der Waals surface area contributed by atoms with Crippen LogP contribution in [0.2, 0.25) is 5.02 Å². The van der Waals surface area contributed by atoms with Gasteiger partial charge in [0.25, 0.3) is 0 Å². The normalized spacial score (nSPS) is 10.5. The summed E-state index contributed by atoms with van der Waals surface area (Å²) in [5.41, 5.74) is 7.98. The maximum atomic E-state index is 13.7. The van der Waals surface area contributed by atoms with Crippen LogP contribution in [0.1, 0.15) is 5.56 Å². The molecule has 19 heavy (non-hydrogen) atoms. The molecule has 0 spiro atoms. The van der Waals surface area contributed by atoms with E-state index in [4.69, 9.17) is 17.3 Å². The van der Waals surface area contributed by atoms with Gasteiger partial charge in [0.15, 0.2) is 0 Å². The lowest BCUT2D eigenvalue weighted by molar-refractivity contribution is 0.608. The van der Waals surface area contributed by atoms with Crippen LogP contribution in [0, 0.1) is 5.82 Å². The third kappa shape index (κ3) is 3.39. The van der Waals surface area contributed by atoms with Crippen LogP contribution in [0.3, 0.4) is 0 Å². The quantitative estimate of drug-likeness (QED) is 0.834. The fraction of sp³-hybridized carbons (Fsp3) is 0.143. The van der Waals surface area contributed by atoms with E-state index in [1.54, 1.807) is 6.07 Å². The molecule has 0 radical (unpaired) electrons. The fourth-order valence-corrected chi connectivity index (χ4v) is 2.45. The van der Waals surface area contributed by atoms with Crippen molar-refractivity contribution in [3.8, 4) is 0 Å². The van der Waals surface area contributed by atoms with Gasteiger partial charge in [-0.3, -0.25) is 0 Å². The minimum absolute atomic E-state index is 0.271. The van der Waals surface area contributed by atoms with Crippen LogP contribution in [-0.2, 0) is 6.54 Å². The van der Waals surface area contributed by atoms with Crippen molar-refractivity contribution < 1.29 is 4.39 Å². The Morgan fingerprint density at radius 1 is 1.26 bits per heavy atom. The maximum Gasteiger partial charge on any atom is 0.128 e. The van der Waals surface area contributed by atoms with Crippen molar-refractivity contribution in [2.75, 3.05) is 17.7 Å². The molecule has 2 aromatic carbocycles.